The van der Waals surface area contributed by atoms with Gasteiger partial charge in [0, 0.05) is 13.0 Å². The third-order valence-electron chi connectivity index (χ3n) is 6.56. The maximum atomic E-state index is 13.3. The molecule has 5 amide bonds. The molecule has 2 heterocycles. The first-order valence-electron chi connectivity index (χ1n) is 15.3. The van der Waals surface area contributed by atoms with Crippen LogP contribution in [0.4, 0.5) is 4.79 Å². The molecule has 2 rings (SSSR count). The molecule has 0 saturated carbocycles. The number of hydroxylamine groups is 2. The predicted octanol–water partition coefficient (Wildman–Crippen LogP) is 3.29. The zero-order valence-electron chi connectivity index (χ0n) is 27.2. The van der Waals surface area contributed by atoms with Crippen molar-refractivity contribution in [1.29, 1.82) is 0 Å². The first-order valence-corrected chi connectivity index (χ1v) is 15.3. The van der Waals surface area contributed by atoms with Gasteiger partial charge in [0.05, 0.1) is 13.2 Å². The average Bonchev–Trinajstić information content (AvgIpc) is 2.85. The van der Waals surface area contributed by atoms with E-state index in [0.29, 0.717) is 31.2 Å². The van der Waals surface area contributed by atoms with Gasteiger partial charge in [0.15, 0.2) is 12.3 Å². The number of carbonyl (C=O) groups is 5. The number of ether oxygens (including phenoxy) is 1. The molecular formula is C30H55N5O7. The summed E-state index contributed by atoms with van der Waals surface area (Å²) in [5.74, 6) is -0.140. The molecule has 0 aromatic rings. The fourth-order valence-corrected chi connectivity index (χ4v) is 4.37. The fraction of sp³-hybridized carbons (Fsp3) is 0.833. The van der Waals surface area contributed by atoms with Gasteiger partial charge in [-0.3, -0.25) is 24.0 Å². The minimum absolute atomic E-state index is 0.0424. The normalized spacial score (nSPS) is 19.6. The lowest BCUT2D eigenvalue weighted by molar-refractivity contribution is -0.262. The van der Waals surface area contributed by atoms with Crippen molar-refractivity contribution >= 4 is 29.7 Å². The van der Waals surface area contributed by atoms with Crippen LogP contribution in [0.5, 0.6) is 0 Å². The van der Waals surface area contributed by atoms with Crippen molar-refractivity contribution in [2.45, 2.75) is 113 Å². The van der Waals surface area contributed by atoms with Crippen molar-refractivity contribution in [3.8, 4) is 0 Å². The SMILES string of the molecule is CC(C)C.CC(C)CCNC(=O)C(CC(C)C)N1CC2N(CC1=O)C(=O)C(CCC(N)=O)ON2C(=O)OCCC(C)C. The van der Waals surface area contributed by atoms with Crippen molar-refractivity contribution in [1.82, 2.24) is 20.2 Å². The molecule has 3 atom stereocenters. The molecule has 0 aromatic heterocycles. The van der Waals surface area contributed by atoms with E-state index in [0.717, 1.165) is 17.4 Å². The van der Waals surface area contributed by atoms with Crippen molar-refractivity contribution in [3.05, 3.63) is 0 Å². The van der Waals surface area contributed by atoms with Crippen LogP contribution in [0, 0.1) is 23.7 Å². The summed E-state index contributed by atoms with van der Waals surface area (Å²) in [6.07, 6.45) is -1.26. The van der Waals surface area contributed by atoms with Gasteiger partial charge in [-0.1, -0.05) is 62.3 Å². The fourth-order valence-electron chi connectivity index (χ4n) is 4.37. The van der Waals surface area contributed by atoms with Crippen molar-refractivity contribution in [2.24, 2.45) is 29.4 Å². The van der Waals surface area contributed by atoms with Crippen molar-refractivity contribution in [3.63, 3.8) is 0 Å². The third kappa shape index (κ3) is 12.5. The minimum atomic E-state index is -1.17. The van der Waals surface area contributed by atoms with E-state index >= 15 is 0 Å². The van der Waals surface area contributed by atoms with Gasteiger partial charge in [0.2, 0.25) is 17.7 Å². The standard InChI is InChI=1S/C26H45N5O7.C4H10/c1-16(2)9-11-28-24(34)19(13-18(5)6)29-14-22-30(15-23(29)33)25(35)20(7-8-21(27)32)38-31(22)26(36)37-12-10-17(3)4;1-4(2)3/h16-20,22H,7-15H2,1-6H3,(H2,27,32)(H,28,34);4H,1-3H3. The number of nitrogens with one attached hydrogen (secondary N) is 1. The van der Waals surface area contributed by atoms with Gasteiger partial charge in [0.25, 0.3) is 5.91 Å². The summed E-state index contributed by atoms with van der Waals surface area (Å²) < 4.78 is 5.41. The Morgan fingerprint density at radius 2 is 1.57 bits per heavy atom. The summed E-state index contributed by atoms with van der Waals surface area (Å²) in [7, 11) is 0. The van der Waals surface area contributed by atoms with Crippen LogP contribution in [0.25, 0.3) is 0 Å². The Labute approximate surface area is 251 Å². The topological polar surface area (TPSA) is 152 Å². The highest BCUT2D eigenvalue weighted by atomic mass is 16.7. The number of piperazine rings is 1. The van der Waals surface area contributed by atoms with Gasteiger partial charge < -0.3 is 25.6 Å². The van der Waals surface area contributed by atoms with E-state index in [1.807, 2.05) is 27.7 Å². The predicted molar refractivity (Wildman–Crippen MR) is 159 cm³/mol. The van der Waals surface area contributed by atoms with E-state index in [2.05, 4.69) is 39.9 Å². The van der Waals surface area contributed by atoms with Crippen molar-refractivity contribution < 1.29 is 33.5 Å². The molecule has 0 bridgehead atoms. The number of amides is 5. The van der Waals surface area contributed by atoms with Crippen LogP contribution in [0.15, 0.2) is 0 Å². The largest absolute Gasteiger partial charge is 0.448 e. The maximum Gasteiger partial charge on any atom is 0.436 e. The number of nitrogens with two attached hydrogens (primary N) is 1. The molecule has 3 unspecified atom stereocenters. The molecule has 242 valence electrons. The smallest absolute Gasteiger partial charge is 0.436 e. The summed E-state index contributed by atoms with van der Waals surface area (Å²) >= 11 is 0. The summed E-state index contributed by atoms with van der Waals surface area (Å²) in [5, 5.41) is 3.90. The Morgan fingerprint density at radius 3 is 2.10 bits per heavy atom. The second-order valence-electron chi connectivity index (χ2n) is 13.1. The van der Waals surface area contributed by atoms with Gasteiger partial charge >= 0.3 is 6.09 Å². The zero-order chi connectivity index (χ0) is 32.1. The van der Waals surface area contributed by atoms with Crippen LogP contribution >= 0.6 is 0 Å². The van der Waals surface area contributed by atoms with Gasteiger partial charge in [-0.05, 0) is 49.4 Å². The maximum absolute atomic E-state index is 13.3. The summed E-state index contributed by atoms with van der Waals surface area (Å²) in [4.78, 5) is 72.5. The number of primary amides is 1. The van der Waals surface area contributed by atoms with Crippen LogP contribution in [-0.4, -0.2) is 89.1 Å². The number of fused-ring (bicyclic) bond motifs is 1. The Bertz CT molecular complexity index is 906. The van der Waals surface area contributed by atoms with Crippen LogP contribution < -0.4 is 11.1 Å². The van der Waals surface area contributed by atoms with Gasteiger partial charge in [-0.15, -0.1) is 0 Å². The molecule has 12 heteroatoms. The molecule has 0 aromatic carbocycles. The van der Waals surface area contributed by atoms with E-state index in [9.17, 15) is 24.0 Å². The third-order valence-corrected chi connectivity index (χ3v) is 6.56. The lowest BCUT2D eigenvalue weighted by Crippen LogP contribution is -2.72. The molecule has 2 aliphatic heterocycles. The first-order chi connectivity index (χ1) is 19.5. The number of nitrogens with zero attached hydrogens (tertiary/aromatic N) is 3. The van der Waals surface area contributed by atoms with Crippen molar-refractivity contribution in [2.75, 3.05) is 26.2 Å². The van der Waals surface area contributed by atoms with E-state index in [-0.39, 0.29) is 44.4 Å². The molecule has 42 heavy (non-hydrogen) atoms. The minimum Gasteiger partial charge on any atom is -0.448 e. The van der Waals surface area contributed by atoms with E-state index < -0.39 is 42.1 Å². The number of hydrogen-bond acceptors (Lipinski definition) is 7. The highest BCUT2D eigenvalue weighted by Crippen LogP contribution is 2.28. The van der Waals surface area contributed by atoms with E-state index in [1.165, 1.54) is 9.80 Å². The lowest BCUT2D eigenvalue weighted by Gasteiger charge is -2.50. The highest BCUT2D eigenvalue weighted by molar-refractivity contribution is 5.93. The first kappa shape index (κ1) is 37.1. The molecule has 0 aliphatic carbocycles. The number of rotatable bonds is 13. The molecular weight excluding hydrogens is 542 g/mol. The Kier molecular flexibility index (Phi) is 15.8. The Morgan fingerprint density at radius 1 is 0.976 bits per heavy atom. The second kappa shape index (κ2) is 17.9. The number of hydrogen-bond donors (Lipinski definition) is 2. The molecule has 12 nitrogen and oxygen atoms in total. The lowest BCUT2D eigenvalue weighted by atomic mass is 9.99. The molecule has 0 radical (unpaired) electrons. The summed E-state index contributed by atoms with van der Waals surface area (Å²) in [6, 6.07) is -0.765. The Hall–Kier alpha value is -2.89. The molecule has 2 saturated heterocycles. The molecule has 2 aliphatic rings. The highest BCUT2D eigenvalue weighted by Gasteiger charge is 2.50. The average molecular weight is 598 g/mol. The summed E-state index contributed by atoms with van der Waals surface area (Å²) in [6.45, 7) is 18.7. The van der Waals surface area contributed by atoms with Crippen LogP contribution in [0.3, 0.4) is 0 Å². The second-order valence-corrected chi connectivity index (χ2v) is 13.1. The van der Waals surface area contributed by atoms with Gasteiger partial charge in [-0.2, -0.15) is 5.06 Å². The molecule has 3 N–H and O–H groups in total. The molecule has 2 fully saturated rings. The number of carbonyl (C=O) groups excluding carboxylic acids is 5. The van der Waals surface area contributed by atoms with E-state index in [4.69, 9.17) is 15.3 Å². The zero-order valence-corrected chi connectivity index (χ0v) is 27.2. The summed E-state index contributed by atoms with van der Waals surface area (Å²) in [5.41, 5.74) is 5.24. The molecule has 0 spiro atoms. The van der Waals surface area contributed by atoms with Gasteiger partial charge in [-0.25, -0.2) is 4.79 Å². The quantitative estimate of drug-likeness (QED) is 0.331. The Balaban J connectivity index is 0.00000206. The van der Waals surface area contributed by atoms with E-state index in [1.54, 1.807) is 0 Å². The van der Waals surface area contributed by atoms with Crippen LogP contribution in [0.2, 0.25) is 0 Å². The monoisotopic (exact) mass is 597 g/mol. The van der Waals surface area contributed by atoms with Crippen LogP contribution in [-0.2, 0) is 28.8 Å². The van der Waals surface area contributed by atoms with Gasteiger partial charge in [0.1, 0.15) is 12.6 Å². The van der Waals surface area contributed by atoms with Crippen LogP contribution in [0.1, 0.15) is 94.4 Å².